The van der Waals surface area contributed by atoms with E-state index in [2.05, 4.69) is 34.7 Å². The van der Waals surface area contributed by atoms with Gasteiger partial charge in [0.2, 0.25) is 0 Å². The Hall–Kier alpha value is -1.13. The minimum atomic E-state index is 0.685. The molecule has 0 aliphatic carbocycles. The number of nitrogens with zero attached hydrogens (tertiary/aromatic N) is 1. The number of aromatic amines is 1. The summed E-state index contributed by atoms with van der Waals surface area (Å²) in [5.74, 6) is 0.685. The summed E-state index contributed by atoms with van der Waals surface area (Å²) in [5, 5.41) is 0. The number of hydrogen-bond acceptors (Lipinski definition) is 2. The Bertz CT molecular complexity index is 608. The molecule has 0 bridgehead atoms. The standard InChI is InChI=1S/C14H18N2OS/c1-10-3-2-4-12-13(10)15-14(18)16(12)9-11-5-7-17-8-6-11/h2-4,11H,5-9H2,1H3,(H,15,18). The van der Waals surface area contributed by atoms with Crippen molar-refractivity contribution in [2.45, 2.75) is 26.3 Å². The van der Waals surface area contributed by atoms with Crippen LogP contribution in [0.2, 0.25) is 0 Å². The van der Waals surface area contributed by atoms with Crippen molar-refractivity contribution < 1.29 is 4.74 Å². The zero-order chi connectivity index (χ0) is 12.5. The van der Waals surface area contributed by atoms with Crippen molar-refractivity contribution in [3.05, 3.63) is 28.5 Å². The Morgan fingerprint density at radius 3 is 2.94 bits per heavy atom. The number of ether oxygens (including phenoxy) is 1. The molecule has 0 atom stereocenters. The molecule has 1 aliphatic heterocycles. The third kappa shape index (κ3) is 2.10. The van der Waals surface area contributed by atoms with Crippen molar-refractivity contribution in [2.24, 2.45) is 5.92 Å². The van der Waals surface area contributed by atoms with E-state index >= 15 is 0 Å². The van der Waals surface area contributed by atoms with Gasteiger partial charge in [0.1, 0.15) is 0 Å². The molecule has 1 aromatic heterocycles. The first-order chi connectivity index (χ1) is 8.75. The van der Waals surface area contributed by atoms with Gasteiger partial charge in [-0.2, -0.15) is 0 Å². The summed E-state index contributed by atoms with van der Waals surface area (Å²) >= 11 is 5.46. The summed E-state index contributed by atoms with van der Waals surface area (Å²) in [5.41, 5.74) is 3.66. The number of imidazole rings is 1. The van der Waals surface area contributed by atoms with Gasteiger partial charge in [-0.3, -0.25) is 0 Å². The van der Waals surface area contributed by atoms with Crippen molar-refractivity contribution >= 4 is 23.3 Å². The quantitative estimate of drug-likeness (QED) is 0.840. The van der Waals surface area contributed by atoms with Crippen LogP contribution in [0.5, 0.6) is 0 Å². The summed E-state index contributed by atoms with van der Waals surface area (Å²) in [4.78, 5) is 3.33. The maximum atomic E-state index is 5.46. The molecule has 3 nitrogen and oxygen atoms in total. The third-order valence-corrected chi connectivity index (χ3v) is 4.12. The average Bonchev–Trinajstić information content (AvgIpc) is 2.70. The molecule has 1 saturated heterocycles. The molecule has 0 spiro atoms. The number of para-hydroxylation sites is 1. The topological polar surface area (TPSA) is 29.9 Å². The lowest BCUT2D eigenvalue weighted by Gasteiger charge is -2.22. The Morgan fingerprint density at radius 2 is 2.17 bits per heavy atom. The van der Waals surface area contributed by atoms with Crippen LogP contribution in [0.4, 0.5) is 0 Å². The fraction of sp³-hybridized carbons (Fsp3) is 0.500. The predicted octanol–water partition coefficient (Wildman–Crippen LogP) is 3.43. The lowest BCUT2D eigenvalue weighted by Crippen LogP contribution is -2.20. The van der Waals surface area contributed by atoms with Crippen LogP contribution in [0.25, 0.3) is 11.0 Å². The first-order valence-electron chi connectivity index (χ1n) is 6.51. The van der Waals surface area contributed by atoms with Crippen molar-refractivity contribution in [1.29, 1.82) is 0 Å². The average molecular weight is 262 g/mol. The van der Waals surface area contributed by atoms with Crippen LogP contribution in [0, 0.1) is 17.6 Å². The third-order valence-electron chi connectivity index (χ3n) is 3.80. The van der Waals surface area contributed by atoms with Crippen molar-refractivity contribution in [3.63, 3.8) is 0 Å². The SMILES string of the molecule is Cc1cccc2c1[nH]c(=S)n2CC1CCOCC1. The molecule has 0 saturated carbocycles. The number of H-pyrrole nitrogens is 1. The van der Waals surface area contributed by atoms with Crippen LogP contribution in [-0.4, -0.2) is 22.8 Å². The normalized spacial score (nSPS) is 17.4. The molecule has 0 unspecified atom stereocenters. The van der Waals surface area contributed by atoms with Crippen LogP contribution in [0.1, 0.15) is 18.4 Å². The van der Waals surface area contributed by atoms with Gasteiger partial charge < -0.3 is 14.3 Å². The second-order valence-corrected chi connectivity index (χ2v) is 5.45. The van der Waals surface area contributed by atoms with Gasteiger partial charge in [0, 0.05) is 19.8 Å². The van der Waals surface area contributed by atoms with Gasteiger partial charge in [-0.05, 0) is 49.5 Å². The van der Waals surface area contributed by atoms with Crippen LogP contribution >= 0.6 is 12.2 Å². The van der Waals surface area contributed by atoms with E-state index in [0.29, 0.717) is 5.92 Å². The molecule has 96 valence electrons. The van der Waals surface area contributed by atoms with Gasteiger partial charge in [-0.1, -0.05) is 12.1 Å². The molecule has 0 amide bonds. The number of aryl methyl sites for hydroxylation is 1. The fourth-order valence-electron chi connectivity index (χ4n) is 2.69. The van der Waals surface area contributed by atoms with Gasteiger partial charge >= 0.3 is 0 Å². The van der Waals surface area contributed by atoms with Gasteiger partial charge in [0.25, 0.3) is 0 Å². The van der Waals surface area contributed by atoms with Crippen LogP contribution in [-0.2, 0) is 11.3 Å². The number of benzene rings is 1. The molecule has 1 aliphatic rings. The molecule has 4 heteroatoms. The van der Waals surface area contributed by atoms with Gasteiger partial charge in [0.05, 0.1) is 11.0 Å². The summed E-state index contributed by atoms with van der Waals surface area (Å²) in [6, 6.07) is 6.36. The zero-order valence-corrected chi connectivity index (χ0v) is 11.4. The number of nitrogens with one attached hydrogen (secondary N) is 1. The van der Waals surface area contributed by atoms with Crippen LogP contribution in [0.3, 0.4) is 0 Å². The zero-order valence-electron chi connectivity index (χ0n) is 10.6. The van der Waals surface area contributed by atoms with E-state index in [0.717, 1.165) is 37.4 Å². The molecule has 3 rings (SSSR count). The van der Waals surface area contributed by atoms with Crippen molar-refractivity contribution in [3.8, 4) is 0 Å². The summed E-state index contributed by atoms with van der Waals surface area (Å²) in [6.45, 7) is 4.90. The first kappa shape index (κ1) is 11.9. The lowest BCUT2D eigenvalue weighted by molar-refractivity contribution is 0.0615. The maximum absolute atomic E-state index is 5.46. The van der Waals surface area contributed by atoms with E-state index in [4.69, 9.17) is 17.0 Å². The van der Waals surface area contributed by atoms with E-state index in [1.807, 2.05) is 0 Å². The molecular weight excluding hydrogens is 244 g/mol. The smallest absolute Gasteiger partial charge is 0.178 e. The van der Waals surface area contributed by atoms with Gasteiger partial charge in [-0.25, -0.2) is 0 Å². The van der Waals surface area contributed by atoms with Gasteiger partial charge in [-0.15, -0.1) is 0 Å². The van der Waals surface area contributed by atoms with E-state index in [1.165, 1.54) is 16.6 Å². The second-order valence-electron chi connectivity index (χ2n) is 5.07. The largest absolute Gasteiger partial charge is 0.381 e. The van der Waals surface area contributed by atoms with E-state index in [9.17, 15) is 0 Å². The van der Waals surface area contributed by atoms with Crippen molar-refractivity contribution in [2.75, 3.05) is 13.2 Å². The molecule has 0 radical (unpaired) electrons. The van der Waals surface area contributed by atoms with Crippen LogP contribution < -0.4 is 0 Å². The molecule has 18 heavy (non-hydrogen) atoms. The summed E-state index contributed by atoms with van der Waals surface area (Å²) < 4.78 is 8.50. The number of hydrogen-bond donors (Lipinski definition) is 1. The maximum Gasteiger partial charge on any atom is 0.178 e. The molecule has 1 aromatic carbocycles. The Balaban J connectivity index is 1.98. The first-order valence-corrected chi connectivity index (χ1v) is 6.92. The monoisotopic (exact) mass is 262 g/mol. The van der Waals surface area contributed by atoms with Crippen molar-refractivity contribution in [1.82, 2.24) is 9.55 Å². The molecule has 1 N–H and O–H groups in total. The number of aromatic nitrogens is 2. The highest BCUT2D eigenvalue weighted by Crippen LogP contribution is 2.22. The Labute approximate surface area is 112 Å². The predicted molar refractivity (Wildman–Crippen MR) is 75.4 cm³/mol. The number of fused-ring (bicyclic) bond motifs is 1. The van der Waals surface area contributed by atoms with E-state index in [-0.39, 0.29) is 0 Å². The highest BCUT2D eigenvalue weighted by molar-refractivity contribution is 7.71. The van der Waals surface area contributed by atoms with E-state index < -0.39 is 0 Å². The molecule has 2 heterocycles. The molecular formula is C14H18N2OS. The van der Waals surface area contributed by atoms with Crippen LogP contribution in [0.15, 0.2) is 18.2 Å². The summed E-state index contributed by atoms with van der Waals surface area (Å²) in [7, 11) is 0. The van der Waals surface area contributed by atoms with Gasteiger partial charge in [0.15, 0.2) is 4.77 Å². The highest BCUT2D eigenvalue weighted by Gasteiger charge is 2.16. The molecule has 1 fully saturated rings. The fourth-order valence-corrected chi connectivity index (χ4v) is 2.97. The summed E-state index contributed by atoms with van der Waals surface area (Å²) in [6.07, 6.45) is 2.28. The Morgan fingerprint density at radius 1 is 1.39 bits per heavy atom. The lowest BCUT2D eigenvalue weighted by atomic mass is 10.0. The van der Waals surface area contributed by atoms with E-state index in [1.54, 1.807) is 0 Å². The Kier molecular flexibility index (Phi) is 3.22. The minimum Gasteiger partial charge on any atom is -0.381 e. The number of rotatable bonds is 2. The molecule has 2 aromatic rings. The second kappa shape index (κ2) is 4.86. The minimum absolute atomic E-state index is 0.685. The highest BCUT2D eigenvalue weighted by atomic mass is 32.1.